The third-order valence-electron chi connectivity index (χ3n) is 3.75. The van der Waals surface area contributed by atoms with Crippen LogP contribution in [0, 0.1) is 12.7 Å². The largest absolute Gasteiger partial charge is 0.387 e. The number of aromatic nitrogens is 2. The van der Waals surface area contributed by atoms with Gasteiger partial charge < -0.3 is 20.3 Å². The molecule has 7 heteroatoms. The molecule has 0 saturated heterocycles. The molecular weight excluding hydrogens is 311 g/mol. The second-order valence-electron chi connectivity index (χ2n) is 5.58. The first-order chi connectivity index (χ1) is 11.6. The molecule has 6 nitrogen and oxygen atoms in total. The molecule has 0 saturated carbocycles. The number of rotatable bonds is 8. The number of benzene rings is 1. The number of hydrogen-bond donors (Lipinski definition) is 3. The summed E-state index contributed by atoms with van der Waals surface area (Å²) in [6.07, 6.45) is 4.64. The average Bonchev–Trinajstić information content (AvgIpc) is 2.98. The first-order valence-electron chi connectivity index (χ1n) is 7.99. The fourth-order valence-electron chi connectivity index (χ4n) is 2.30. The standard InChI is InChI=1S/C17H23FN4O2/c1-13-19-9-11-22(13)10-3-2-8-20-17(24)21-12-16(23)14-4-6-15(18)7-5-14/h4-7,9,11,16,23H,2-3,8,10,12H2,1H3,(H2,20,21,24). The van der Waals surface area contributed by atoms with Gasteiger partial charge in [0.15, 0.2) is 0 Å². The number of aliphatic hydroxyl groups is 1. The molecule has 24 heavy (non-hydrogen) atoms. The topological polar surface area (TPSA) is 79.2 Å². The van der Waals surface area contributed by atoms with Crippen LogP contribution in [-0.2, 0) is 6.54 Å². The Bertz CT molecular complexity index is 642. The number of carbonyl (C=O) groups is 1. The van der Waals surface area contributed by atoms with Gasteiger partial charge in [-0.05, 0) is 37.5 Å². The summed E-state index contributed by atoms with van der Waals surface area (Å²) in [7, 11) is 0. The first kappa shape index (κ1) is 17.9. The number of urea groups is 1. The fourth-order valence-corrected chi connectivity index (χ4v) is 2.30. The van der Waals surface area contributed by atoms with Gasteiger partial charge in [-0.25, -0.2) is 14.2 Å². The Hall–Kier alpha value is -2.41. The highest BCUT2D eigenvalue weighted by Crippen LogP contribution is 2.12. The highest BCUT2D eigenvalue weighted by Gasteiger charge is 2.09. The quantitative estimate of drug-likeness (QED) is 0.647. The minimum atomic E-state index is -0.861. The minimum absolute atomic E-state index is 0.0751. The second-order valence-corrected chi connectivity index (χ2v) is 5.58. The van der Waals surface area contributed by atoms with E-state index in [1.165, 1.54) is 24.3 Å². The molecule has 1 unspecified atom stereocenters. The molecule has 1 heterocycles. The van der Waals surface area contributed by atoms with Crippen LogP contribution in [0.5, 0.6) is 0 Å². The number of imidazole rings is 1. The van der Waals surface area contributed by atoms with Crippen molar-refractivity contribution in [3.05, 3.63) is 53.9 Å². The molecule has 0 bridgehead atoms. The van der Waals surface area contributed by atoms with Gasteiger partial charge in [-0.3, -0.25) is 0 Å². The first-order valence-corrected chi connectivity index (χ1v) is 7.99. The van der Waals surface area contributed by atoms with Gasteiger partial charge in [-0.2, -0.15) is 0 Å². The normalized spacial score (nSPS) is 12.0. The third-order valence-corrected chi connectivity index (χ3v) is 3.75. The lowest BCUT2D eigenvalue weighted by molar-refractivity contribution is 0.173. The number of halogens is 1. The van der Waals surface area contributed by atoms with E-state index >= 15 is 0 Å². The fraction of sp³-hybridized carbons (Fsp3) is 0.412. The number of hydrogen-bond acceptors (Lipinski definition) is 3. The Morgan fingerprint density at radius 3 is 2.71 bits per heavy atom. The van der Waals surface area contributed by atoms with E-state index in [0.717, 1.165) is 25.2 Å². The van der Waals surface area contributed by atoms with Crippen LogP contribution in [0.2, 0.25) is 0 Å². The van der Waals surface area contributed by atoms with Gasteiger partial charge in [-0.1, -0.05) is 12.1 Å². The van der Waals surface area contributed by atoms with Crippen molar-refractivity contribution in [3.63, 3.8) is 0 Å². The Morgan fingerprint density at radius 2 is 2.04 bits per heavy atom. The number of aryl methyl sites for hydroxylation is 2. The minimum Gasteiger partial charge on any atom is -0.387 e. The van der Waals surface area contributed by atoms with Crippen LogP contribution in [0.4, 0.5) is 9.18 Å². The van der Waals surface area contributed by atoms with E-state index in [4.69, 9.17) is 0 Å². The van der Waals surface area contributed by atoms with E-state index in [-0.39, 0.29) is 18.4 Å². The highest BCUT2D eigenvalue weighted by atomic mass is 19.1. The summed E-state index contributed by atoms with van der Waals surface area (Å²) in [6, 6.07) is 5.23. The molecule has 0 aliphatic carbocycles. The lowest BCUT2D eigenvalue weighted by Crippen LogP contribution is -2.38. The molecule has 0 aliphatic rings. The maximum absolute atomic E-state index is 12.8. The smallest absolute Gasteiger partial charge is 0.314 e. The molecule has 3 N–H and O–H groups in total. The van der Waals surface area contributed by atoms with Gasteiger partial charge in [0.25, 0.3) is 0 Å². The summed E-state index contributed by atoms with van der Waals surface area (Å²) in [6.45, 7) is 3.47. The summed E-state index contributed by atoms with van der Waals surface area (Å²) in [5, 5.41) is 15.3. The molecule has 2 amide bonds. The van der Waals surface area contributed by atoms with E-state index < -0.39 is 6.10 Å². The summed E-state index contributed by atoms with van der Waals surface area (Å²) in [5.74, 6) is 0.623. The zero-order valence-electron chi connectivity index (χ0n) is 13.7. The van der Waals surface area contributed by atoms with Crippen LogP contribution in [-0.4, -0.2) is 33.8 Å². The van der Waals surface area contributed by atoms with Crippen molar-refractivity contribution in [3.8, 4) is 0 Å². The van der Waals surface area contributed by atoms with Crippen LogP contribution >= 0.6 is 0 Å². The van der Waals surface area contributed by atoms with Crippen LogP contribution in [0.3, 0.4) is 0 Å². The highest BCUT2D eigenvalue weighted by molar-refractivity contribution is 5.73. The Kier molecular flexibility index (Phi) is 6.74. The van der Waals surface area contributed by atoms with Gasteiger partial charge in [0, 0.05) is 32.0 Å². The Balaban J connectivity index is 1.58. The van der Waals surface area contributed by atoms with Crippen molar-refractivity contribution >= 4 is 6.03 Å². The number of unbranched alkanes of at least 4 members (excludes halogenated alkanes) is 1. The molecule has 130 valence electrons. The molecule has 0 fully saturated rings. The molecule has 0 radical (unpaired) electrons. The molecule has 0 spiro atoms. The van der Waals surface area contributed by atoms with Crippen LogP contribution < -0.4 is 10.6 Å². The number of nitrogens with zero attached hydrogens (tertiary/aromatic N) is 2. The zero-order valence-corrected chi connectivity index (χ0v) is 13.7. The average molecular weight is 334 g/mol. The van der Waals surface area contributed by atoms with Gasteiger partial charge >= 0.3 is 6.03 Å². The van der Waals surface area contributed by atoms with Gasteiger partial charge in [-0.15, -0.1) is 0 Å². The van der Waals surface area contributed by atoms with Gasteiger partial charge in [0.1, 0.15) is 11.6 Å². The van der Waals surface area contributed by atoms with E-state index in [1.54, 1.807) is 6.20 Å². The molecule has 1 aromatic heterocycles. The third kappa shape index (κ3) is 5.66. The van der Waals surface area contributed by atoms with Crippen molar-refractivity contribution in [2.45, 2.75) is 32.4 Å². The zero-order chi connectivity index (χ0) is 17.4. The summed E-state index contributed by atoms with van der Waals surface area (Å²) < 4.78 is 14.9. The van der Waals surface area contributed by atoms with Crippen molar-refractivity contribution in [2.75, 3.05) is 13.1 Å². The monoisotopic (exact) mass is 334 g/mol. The van der Waals surface area contributed by atoms with E-state index in [0.29, 0.717) is 12.1 Å². The van der Waals surface area contributed by atoms with Crippen molar-refractivity contribution < 1.29 is 14.3 Å². The van der Waals surface area contributed by atoms with Crippen molar-refractivity contribution in [1.82, 2.24) is 20.2 Å². The number of amides is 2. The number of carbonyl (C=O) groups excluding carboxylic acids is 1. The van der Waals surface area contributed by atoms with Crippen LogP contribution in [0.15, 0.2) is 36.7 Å². The maximum Gasteiger partial charge on any atom is 0.314 e. The Morgan fingerprint density at radius 1 is 1.29 bits per heavy atom. The maximum atomic E-state index is 12.8. The predicted molar refractivity (Wildman–Crippen MR) is 89.0 cm³/mol. The predicted octanol–water partition coefficient (Wildman–Crippen LogP) is 2.14. The molecule has 2 aromatic rings. The van der Waals surface area contributed by atoms with Gasteiger partial charge in [0.2, 0.25) is 0 Å². The van der Waals surface area contributed by atoms with E-state index in [2.05, 4.69) is 20.2 Å². The summed E-state index contributed by atoms with van der Waals surface area (Å²) in [4.78, 5) is 15.8. The Labute approximate surface area is 140 Å². The SMILES string of the molecule is Cc1nccn1CCCCNC(=O)NCC(O)c1ccc(F)cc1. The molecular formula is C17H23FN4O2. The lowest BCUT2D eigenvalue weighted by Gasteiger charge is -2.13. The van der Waals surface area contributed by atoms with E-state index in [9.17, 15) is 14.3 Å². The van der Waals surface area contributed by atoms with E-state index in [1.807, 2.05) is 13.1 Å². The lowest BCUT2D eigenvalue weighted by atomic mass is 10.1. The number of nitrogens with one attached hydrogen (secondary N) is 2. The second kappa shape index (κ2) is 9.02. The molecule has 0 aliphatic heterocycles. The summed E-state index contributed by atoms with van der Waals surface area (Å²) in [5.41, 5.74) is 0.562. The van der Waals surface area contributed by atoms with Gasteiger partial charge in [0.05, 0.1) is 6.10 Å². The van der Waals surface area contributed by atoms with Crippen LogP contribution in [0.1, 0.15) is 30.3 Å². The van der Waals surface area contributed by atoms with Crippen molar-refractivity contribution in [1.29, 1.82) is 0 Å². The van der Waals surface area contributed by atoms with Crippen LogP contribution in [0.25, 0.3) is 0 Å². The molecule has 1 atom stereocenters. The summed E-state index contributed by atoms with van der Waals surface area (Å²) >= 11 is 0. The van der Waals surface area contributed by atoms with Crippen molar-refractivity contribution in [2.24, 2.45) is 0 Å². The molecule has 2 rings (SSSR count). The molecule has 1 aromatic carbocycles. The number of aliphatic hydroxyl groups excluding tert-OH is 1.